The van der Waals surface area contributed by atoms with Crippen molar-refractivity contribution in [2.24, 2.45) is 0 Å². The van der Waals surface area contributed by atoms with Gasteiger partial charge in [0.25, 0.3) is 0 Å². The van der Waals surface area contributed by atoms with Crippen LogP contribution in [0.25, 0.3) is 11.1 Å². The quantitative estimate of drug-likeness (QED) is 0.475. The van der Waals surface area contributed by atoms with Gasteiger partial charge in [0.1, 0.15) is 11.6 Å². The number of carboxylic acids is 1. The molecule has 0 bridgehead atoms. The average molecular weight is 451 g/mol. The third-order valence-corrected chi connectivity index (χ3v) is 4.94. The largest absolute Gasteiger partial charge is 0.489 e. The standard InChI is InChI=1S/C21H17Cl2FN2O4/c22-16-5-6-17(24)20(23)15(16)7-8-29-18-9-13(10-26-21(18)25)12-1-3-14(4-2-12)30-11-19(27)28/h1-6,9-10H,7-8,11H2,(H2,25,26)(H,27,28). The molecular formula is C21H17Cl2FN2O4. The summed E-state index contributed by atoms with van der Waals surface area (Å²) >= 11 is 12.1. The van der Waals surface area contributed by atoms with Crippen LogP contribution in [0.15, 0.2) is 48.7 Å². The van der Waals surface area contributed by atoms with Crippen LogP contribution in [-0.2, 0) is 11.2 Å². The van der Waals surface area contributed by atoms with Gasteiger partial charge in [-0.2, -0.15) is 0 Å². The molecule has 0 spiro atoms. The number of hydrogen-bond acceptors (Lipinski definition) is 5. The van der Waals surface area contributed by atoms with E-state index in [1.54, 1.807) is 36.5 Å². The maximum absolute atomic E-state index is 13.6. The number of aliphatic carboxylic acids is 1. The van der Waals surface area contributed by atoms with E-state index in [-0.39, 0.29) is 23.9 Å². The maximum atomic E-state index is 13.6. The number of benzene rings is 2. The summed E-state index contributed by atoms with van der Waals surface area (Å²) in [5.41, 5.74) is 7.91. The normalized spacial score (nSPS) is 10.6. The molecule has 0 unspecified atom stereocenters. The molecule has 9 heteroatoms. The van der Waals surface area contributed by atoms with Gasteiger partial charge in [-0.1, -0.05) is 35.3 Å². The Labute approximate surface area is 182 Å². The Morgan fingerprint density at radius 3 is 2.53 bits per heavy atom. The molecule has 3 N–H and O–H groups in total. The second kappa shape index (κ2) is 9.65. The van der Waals surface area contributed by atoms with Crippen molar-refractivity contribution in [3.8, 4) is 22.6 Å². The fourth-order valence-corrected chi connectivity index (χ4v) is 3.24. The second-order valence-corrected chi connectivity index (χ2v) is 7.02. The van der Waals surface area contributed by atoms with Gasteiger partial charge in [-0.3, -0.25) is 0 Å². The van der Waals surface area contributed by atoms with Gasteiger partial charge >= 0.3 is 5.97 Å². The highest BCUT2D eigenvalue weighted by molar-refractivity contribution is 6.36. The summed E-state index contributed by atoms with van der Waals surface area (Å²) in [6, 6.07) is 11.2. The van der Waals surface area contributed by atoms with Gasteiger partial charge in [-0.25, -0.2) is 14.2 Å². The molecule has 6 nitrogen and oxygen atoms in total. The van der Waals surface area contributed by atoms with Crippen LogP contribution in [0.4, 0.5) is 10.2 Å². The highest BCUT2D eigenvalue weighted by Gasteiger charge is 2.12. The van der Waals surface area contributed by atoms with E-state index in [0.717, 1.165) is 11.1 Å². The number of halogens is 3. The van der Waals surface area contributed by atoms with E-state index in [1.165, 1.54) is 12.1 Å². The van der Waals surface area contributed by atoms with Gasteiger partial charge in [0, 0.05) is 23.2 Å². The van der Waals surface area contributed by atoms with Gasteiger partial charge < -0.3 is 20.3 Å². The van der Waals surface area contributed by atoms with Gasteiger partial charge in [-0.15, -0.1) is 0 Å². The maximum Gasteiger partial charge on any atom is 0.341 e. The topological polar surface area (TPSA) is 94.7 Å². The first-order valence-electron chi connectivity index (χ1n) is 8.81. The number of hydrogen-bond donors (Lipinski definition) is 2. The Balaban J connectivity index is 1.70. The van der Waals surface area contributed by atoms with Crippen molar-refractivity contribution < 1.29 is 23.8 Å². The summed E-state index contributed by atoms with van der Waals surface area (Å²) in [5, 5.41) is 8.98. The van der Waals surface area contributed by atoms with Gasteiger partial charge in [0.15, 0.2) is 18.2 Å². The molecule has 3 rings (SSSR count). The molecule has 30 heavy (non-hydrogen) atoms. The summed E-state index contributed by atoms with van der Waals surface area (Å²) in [4.78, 5) is 14.7. The van der Waals surface area contributed by atoms with Gasteiger partial charge in [-0.05, 0) is 41.5 Å². The molecule has 0 aliphatic carbocycles. The Bertz CT molecular complexity index is 1060. The number of ether oxygens (including phenoxy) is 2. The number of aromatic nitrogens is 1. The predicted octanol–water partition coefficient (Wildman–Crippen LogP) is 4.86. The van der Waals surface area contributed by atoms with Crippen molar-refractivity contribution in [2.45, 2.75) is 6.42 Å². The zero-order chi connectivity index (χ0) is 21.7. The third kappa shape index (κ3) is 5.31. The smallest absolute Gasteiger partial charge is 0.341 e. The molecule has 3 aromatic rings. The fraction of sp³-hybridized carbons (Fsp3) is 0.143. The monoisotopic (exact) mass is 450 g/mol. The molecule has 0 fully saturated rings. The van der Waals surface area contributed by atoms with E-state index in [1.807, 2.05) is 0 Å². The molecule has 156 valence electrons. The zero-order valence-electron chi connectivity index (χ0n) is 15.6. The van der Waals surface area contributed by atoms with Crippen LogP contribution in [-0.4, -0.2) is 29.3 Å². The summed E-state index contributed by atoms with van der Waals surface area (Å²) in [6.07, 6.45) is 1.88. The number of nitrogens with two attached hydrogens (primary N) is 1. The van der Waals surface area contributed by atoms with Crippen molar-refractivity contribution in [1.29, 1.82) is 0 Å². The van der Waals surface area contributed by atoms with Crippen molar-refractivity contribution in [3.05, 3.63) is 70.1 Å². The minimum atomic E-state index is -1.05. The van der Waals surface area contributed by atoms with E-state index in [4.69, 9.17) is 43.5 Å². The Morgan fingerprint density at radius 1 is 1.10 bits per heavy atom. The summed E-state index contributed by atoms with van der Waals surface area (Å²) in [6.45, 7) is -0.250. The van der Waals surface area contributed by atoms with Crippen molar-refractivity contribution in [3.63, 3.8) is 0 Å². The number of rotatable bonds is 8. The van der Waals surface area contributed by atoms with Crippen LogP contribution in [0.3, 0.4) is 0 Å². The van der Waals surface area contributed by atoms with Crippen LogP contribution in [0.1, 0.15) is 5.56 Å². The van der Waals surface area contributed by atoms with E-state index in [0.29, 0.717) is 22.1 Å². The first-order valence-corrected chi connectivity index (χ1v) is 9.56. The van der Waals surface area contributed by atoms with Gasteiger partial charge in [0.2, 0.25) is 0 Å². The lowest BCUT2D eigenvalue weighted by molar-refractivity contribution is -0.139. The van der Waals surface area contributed by atoms with E-state index in [9.17, 15) is 9.18 Å². The molecule has 1 heterocycles. The van der Waals surface area contributed by atoms with E-state index >= 15 is 0 Å². The molecule has 1 aromatic heterocycles. The van der Waals surface area contributed by atoms with Gasteiger partial charge in [0.05, 0.1) is 11.6 Å². The molecule has 0 aliphatic heterocycles. The first-order chi connectivity index (χ1) is 14.3. The highest BCUT2D eigenvalue weighted by atomic mass is 35.5. The van der Waals surface area contributed by atoms with Crippen LogP contribution in [0, 0.1) is 5.82 Å². The molecule has 0 saturated carbocycles. The highest BCUT2D eigenvalue weighted by Crippen LogP contribution is 2.30. The summed E-state index contributed by atoms with van der Waals surface area (Å²) < 4.78 is 24.5. The number of pyridine rings is 1. The minimum Gasteiger partial charge on any atom is -0.489 e. The van der Waals surface area contributed by atoms with Crippen LogP contribution in [0.5, 0.6) is 11.5 Å². The lowest BCUT2D eigenvalue weighted by Gasteiger charge is -2.12. The van der Waals surface area contributed by atoms with Crippen LogP contribution >= 0.6 is 23.2 Å². The lowest BCUT2D eigenvalue weighted by Crippen LogP contribution is -2.09. The Hall–Kier alpha value is -3.03. The minimum absolute atomic E-state index is 0.0313. The zero-order valence-corrected chi connectivity index (χ0v) is 17.1. The lowest BCUT2D eigenvalue weighted by atomic mass is 10.1. The number of nitrogens with zero attached hydrogens (tertiary/aromatic N) is 1. The Morgan fingerprint density at radius 2 is 1.83 bits per heavy atom. The molecule has 0 saturated heterocycles. The molecular weight excluding hydrogens is 434 g/mol. The first kappa shape index (κ1) is 21.7. The molecule has 0 radical (unpaired) electrons. The number of anilines is 1. The average Bonchev–Trinajstić information content (AvgIpc) is 2.73. The number of carbonyl (C=O) groups is 1. The van der Waals surface area contributed by atoms with Crippen molar-refractivity contribution in [1.82, 2.24) is 4.98 Å². The number of nitrogen functional groups attached to an aromatic ring is 1. The third-order valence-electron chi connectivity index (χ3n) is 4.18. The summed E-state index contributed by atoms with van der Waals surface area (Å²) in [7, 11) is 0. The van der Waals surface area contributed by atoms with Crippen LogP contribution < -0.4 is 15.2 Å². The molecule has 0 aliphatic rings. The Kier molecular flexibility index (Phi) is 6.97. The SMILES string of the molecule is Nc1ncc(-c2ccc(OCC(=O)O)cc2)cc1OCCc1c(Cl)ccc(F)c1Cl. The van der Waals surface area contributed by atoms with E-state index < -0.39 is 18.4 Å². The van der Waals surface area contributed by atoms with Crippen molar-refractivity contribution in [2.75, 3.05) is 18.9 Å². The number of carboxylic acid groups (broad SMARTS) is 1. The molecule has 2 aromatic carbocycles. The summed E-state index contributed by atoms with van der Waals surface area (Å²) in [5.74, 6) is -0.594. The van der Waals surface area contributed by atoms with E-state index in [2.05, 4.69) is 4.98 Å². The molecule has 0 atom stereocenters. The predicted molar refractivity (Wildman–Crippen MR) is 113 cm³/mol. The van der Waals surface area contributed by atoms with Crippen LogP contribution in [0.2, 0.25) is 10.0 Å². The second-order valence-electron chi connectivity index (χ2n) is 6.23. The van der Waals surface area contributed by atoms with Crippen molar-refractivity contribution >= 4 is 35.0 Å². The molecule has 0 amide bonds. The fourth-order valence-electron chi connectivity index (χ4n) is 2.68.